The van der Waals surface area contributed by atoms with Gasteiger partial charge in [-0.05, 0) is 46.0 Å². The highest BCUT2D eigenvalue weighted by Crippen LogP contribution is 2.40. The molecule has 1 aromatic rings. The average molecular weight is 267 g/mol. The van der Waals surface area contributed by atoms with Crippen LogP contribution < -0.4 is 5.32 Å². The van der Waals surface area contributed by atoms with E-state index in [9.17, 15) is 0 Å². The largest absolute Gasteiger partial charge is 0.367 e. The van der Waals surface area contributed by atoms with Crippen molar-refractivity contribution in [2.75, 3.05) is 6.61 Å². The predicted molar refractivity (Wildman–Crippen MR) is 72.7 cm³/mol. The van der Waals surface area contributed by atoms with Gasteiger partial charge in [0.15, 0.2) is 0 Å². The van der Waals surface area contributed by atoms with E-state index >= 15 is 0 Å². The first kappa shape index (κ1) is 14.5. The van der Waals surface area contributed by atoms with Gasteiger partial charge in [-0.15, -0.1) is 0 Å². The van der Waals surface area contributed by atoms with Crippen LogP contribution in [0.2, 0.25) is 0 Å². The van der Waals surface area contributed by atoms with Crippen molar-refractivity contribution in [1.82, 2.24) is 15.5 Å². The molecule has 0 spiro atoms. The molecule has 1 atom stereocenters. The third-order valence-corrected chi connectivity index (χ3v) is 3.92. The highest BCUT2D eigenvalue weighted by Gasteiger charge is 2.40. The Kier molecular flexibility index (Phi) is 4.93. The number of hydrogen-bond acceptors (Lipinski definition) is 5. The number of ether oxygens (including phenoxy) is 1. The van der Waals surface area contributed by atoms with E-state index in [4.69, 9.17) is 9.26 Å². The topological polar surface area (TPSA) is 60.2 Å². The standard InChI is InChI=1S/C14H25N3O2/c1-4-11(3)15-10-12-16-13(17-19-12)14(18-5-2)8-6-7-9-14/h11,15H,4-10H2,1-3H3. The minimum Gasteiger partial charge on any atom is -0.367 e. The number of nitrogens with one attached hydrogen (secondary N) is 1. The maximum Gasteiger partial charge on any atom is 0.240 e. The summed E-state index contributed by atoms with van der Waals surface area (Å²) in [6, 6.07) is 0.461. The first-order chi connectivity index (χ1) is 9.20. The van der Waals surface area contributed by atoms with Crippen molar-refractivity contribution in [3.8, 4) is 0 Å². The van der Waals surface area contributed by atoms with Crippen LogP contribution in [0.5, 0.6) is 0 Å². The van der Waals surface area contributed by atoms with Crippen molar-refractivity contribution in [3.63, 3.8) is 0 Å². The minimum absolute atomic E-state index is 0.299. The lowest BCUT2D eigenvalue weighted by atomic mass is 10.0. The van der Waals surface area contributed by atoms with Crippen LogP contribution in [0.25, 0.3) is 0 Å². The molecule has 1 unspecified atom stereocenters. The van der Waals surface area contributed by atoms with Crippen LogP contribution in [-0.2, 0) is 16.9 Å². The fourth-order valence-electron chi connectivity index (χ4n) is 2.57. The van der Waals surface area contributed by atoms with Gasteiger partial charge in [0.1, 0.15) is 5.60 Å². The summed E-state index contributed by atoms with van der Waals surface area (Å²) in [5.41, 5.74) is -0.299. The lowest BCUT2D eigenvalue weighted by Gasteiger charge is -2.24. The zero-order valence-electron chi connectivity index (χ0n) is 12.2. The third-order valence-electron chi connectivity index (χ3n) is 3.92. The van der Waals surface area contributed by atoms with E-state index in [0.29, 0.717) is 25.1 Å². The van der Waals surface area contributed by atoms with Crippen LogP contribution in [0.1, 0.15) is 64.6 Å². The maximum absolute atomic E-state index is 5.93. The zero-order chi connectivity index (χ0) is 13.7. The van der Waals surface area contributed by atoms with Gasteiger partial charge in [0.05, 0.1) is 6.54 Å². The molecule has 2 rings (SSSR count). The van der Waals surface area contributed by atoms with E-state index < -0.39 is 0 Å². The predicted octanol–water partition coefficient (Wildman–Crippen LogP) is 2.76. The molecule has 5 nitrogen and oxygen atoms in total. The molecule has 0 radical (unpaired) electrons. The van der Waals surface area contributed by atoms with Gasteiger partial charge in [-0.25, -0.2) is 0 Å². The first-order valence-corrected chi connectivity index (χ1v) is 7.40. The number of aromatic nitrogens is 2. The summed E-state index contributed by atoms with van der Waals surface area (Å²) in [4.78, 5) is 4.52. The van der Waals surface area contributed by atoms with Gasteiger partial charge in [-0.3, -0.25) is 0 Å². The van der Waals surface area contributed by atoms with Crippen LogP contribution >= 0.6 is 0 Å². The van der Waals surface area contributed by atoms with Crippen molar-refractivity contribution in [2.45, 2.75) is 71.1 Å². The Balaban J connectivity index is 2.02. The van der Waals surface area contributed by atoms with Crippen LogP contribution in [0, 0.1) is 0 Å². The third kappa shape index (κ3) is 3.34. The molecule has 0 aliphatic heterocycles. The van der Waals surface area contributed by atoms with E-state index in [1.165, 1.54) is 12.8 Å². The second-order valence-corrected chi connectivity index (χ2v) is 5.34. The summed E-state index contributed by atoms with van der Waals surface area (Å²) < 4.78 is 11.3. The van der Waals surface area contributed by atoms with Gasteiger partial charge in [0.25, 0.3) is 0 Å². The summed E-state index contributed by atoms with van der Waals surface area (Å²) in [6.45, 7) is 7.64. The average Bonchev–Trinajstić information content (AvgIpc) is 3.05. The minimum atomic E-state index is -0.299. The molecule has 1 saturated carbocycles. The van der Waals surface area contributed by atoms with Gasteiger partial charge in [0.2, 0.25) is 11.7 Å². The number of nitrogens with zero attached hydrogens (tertiary/aromatic N) is 2. The Hall–Kier alpha value is -0.940. The normalized spacial score (nSPS) is 19.7. The zero-order valence-corrected chi connectivity index (χ0v) is 12.2. The van der Waals surface area contributed by atoms with Gasteiger partial charge in [0, 0.05) is 12.6 Å². The fourth-order valence-corrected chi connectivity index (χ4v) is 2.57. The molecule has 1 heterocycles. The van der Waals surface area contributed by atoms with Crippen LogP contribution in [0.15, 0.2) is 4.52 Å². The molecule has 1 aromatic heterocycles. The molecule has 0 saturated heterocycles. The smallest absolute Gasteiger partial charge is 0.240 e. The molecule has 1 fully saturated rings. The monoisotopic (exact) mass is 267 g/mol. The molecule has 1 N–H and O–H groups in total. The van der Waals surface area contributed by atoms with Gasteiger partial charge >= 0.3 is 0 Å². The Morgan fingerprint density at radius 1 is 1.37 bits per heavy atom. The Labute approximate surface area is 115 Å². The van der Waals surface area contributed by atoms with Crippen molar-refractivity contribution >= 4 is 0 Å². The summed E-state index contributed by atoms with van der Waals surface area (Å²) in [5, 5.41) is 7.50. The number of rotatable bonds is 7. The van der Waals surface area contributed by atoms with E-state index in [0.717, 1.165) is 25.1 Å². The molecule has 0 amide bonds. The molecule has 5 heteroatoms. The molecule has 0 bridgehead atoms. The SMILES string of the molecule is CCOC1(c2noc(CNC(C)CC)n2)CCCC1. The van der Waals surface area contributed by atoms with Crippen LogP contribution in [0.4, 0.5) is 0 Å². The van der Waals surface area contributed by atoms with E-state index in [2.05, 4.69) is 29.3 Å². The summed E-state index contributed by atoms with van der Waals surface area (Å²) in [5.74, 6) is 1.38. The van der Waals surface area contributed by atoms with Gasteiger partial charge in [-0.1, -0.05) is 12.1 Å². The van der Waals surface area contributed by atoms with Crippen molar-refractivity contribution in [3.05, 3.63) is 11.7 Å². The highest BCUT2D eigenvalue weighted by molar-refractivity contribution is 5.04. The van der Waals surface area contributed by atoms with Crippen LogP contribution in [0.3, 0.4) is 0 Å². The molecule has 19 heavy (non-hydrogen) atoms. The molecular weight excluding hydrogens is 242 g/mol. The second-order valence-electron chi connectivity index (χ2n) is 5.34. The Morgan fingerprint density at radius 2 is 2.11 bits per heavy atom. The molecule has 1 aliphatic carbocycles. The van der Waals surface area contributed by atoms with E-state index in [1.54, 1.807) is 0 Å². The maximum atomic E-state index is 5.93. The summed E-state index contributed by atoms with van der Waals surface area (Å²) in [6.07, 6.45) is 5.44. The molecule has 0 aromatic carbocycles. The van der Waals surface area contributed by atoms with Crippen molar-refractivity contribution in [1.29, 1.82) is 0 Å². The lowest BCUT2D eigenvalue weighted by Crippen LogP contribution is -2.28. The summed E-state index contributed by atoms with van der Waals surface area (Å²) in [7, 11) is 0. The quantitative estimate of drug-likeness (QED) is 0.823. The summed E-state index contributed by atoms with van der Waals surface area (Å²) >= 11 is 0. The molecule has 108 valence electrons. The van der Waals surface area contributed by atoms with Gasteiger partial charge < -0.3 is 14.6 Å². The van der Waals surface area contributed by atoms with E-state index in [-0.39, 0.29) is 5.60 Å². The molecule has 1 aliphatic rings. The number of hydrogen-bond donors (Lipinski definition) is 1. The molecular formula is C14H25N3O2. The van der Waals surface area contributed by atoms with Crippen LogP contribution in [-0.4, -0.2) is 22.8 Å². The Bertz CT molecular complexity index is 386. The Morgan fingerprint density at radius 3 is 2.74 bits per heavy atom. The lowest BCUT2D eigenvalue weighted by molar-refractivity contribution is -0.0469. The van der Waals surface area contributed by atoms with Gasteiger partial charge in [-0.2, -0.15) is 4.98 Å². The highest BCUT2D eigenvalue weighted by atomic mass is 16.5. The second kappa shape index (κ2) is 6.48. The van der Waals surface area contributed by atoms with E-state index in [1.807, 2.05) is 6.92 Å². The van der Waals surface area contributed by atoms with Crippen molar-refractivity contribution < 1.29 is 9.26 Å². The fraction of sp³-hybridized carbons (Fsp3) is 0.857. The van der Waals surface area contributed by atoms with Crippen molar-refractivity contribution in [2.24, 2.45) is 0 Å². The first-order valence-electron chi connectivity index (χ1n) is 7.40.